The molecule has 0 atom stereocenters. The minimum absolute atomic E-state index is 0.836. The van der Waals surface area contributed by atoms with Crippen LogP contribution in [0.1, 0.15) is 0 Å². The molecule has 3 aromatic heterocycles. The van der Waals surface area contributed by atoms with E-state index in [0.29, 0.717) is 0 Å². The van der Waals surface area contributed by atoms with Crippen LogP contribution in [0.4, 0.5) is 34.1 Å². The maximum atomic E-state index is 6.64. The molecule has 0 radical (unpaired) electrons. The Hall–Kier alpha value is -9.94. The van der Waals surface area contributed by atoms with Gasteiger partial charge in [-0.2, -0.15) is 0 Å². The molecule has 362 valence electrons. The Balaban J connectivity index is 0.988. The lowest BCUT2D eigenvalue weighted by Gasteiger charge is -2.30. The number of thiophene rings is 1. The highest BCUT2D eigenvalue weighted by Crippen LogP contribution is 2.47. The van der Waals surface area contributed by atoms with Crippen LogP contribution in [0.2, 0.25) is 0 Å². The van der Waals surface area contributed by atoms with Gasteiger partial charge in [0.15, 0.2) is 0 Å². The number of nitrogens with zero attached hydrogens (tertiary/aromatic N) is 3. The van der Waals surface area contributed by atoms with Gasteiger partial charge in [-0.25, -0.2) is 0 Å². The van der Waals surface area contributed by atoms with Crippen LogP contribution in [0.25, 0.3) is 103 Å². The molecule has 0 unspecified atom stereocenters. The first kappa shape index (κ1) is 44.5. The summed E-state index contributed by atoms with van der Waals surface area (Å²) in [5.74, 6) is 0. The van der Waals surface area contributed by atoms with Gasteiger partial charge < -0.3 is 18.8 Å². The molecule has 0 bridgehead atoms. The predicted octanol–water partition coefficient (Wildman–Crippen LogP) is 21.0. The fraction of sp³-hybridized carbons (Fsp3) is 0. The van der Waals surface area contributed by atoms with E-state index < -0.39 is 0 Å². The Morgan fingerprint density at radius 2 is 0.740 bits per heavy atom. The zero-order valence-corrected chi connectivity index (χ0v) is 42.6. The van der Waals surface area contributed by atoms with E-state index in [-0.39, 0.29) is 0 Å². The zero-order chi connectivity index (χ0) is 50.8. The molecule has 15 rings (SSSR count). The number of hydrogen-bond donors (Lipinski definition) is 0. The van der Waals surface area contributed by atoms with Gasteiger partial charge in [0.2, 0.25) is 0 Å². The molecule has 0 spiro atoms. The average Bonchev–Trinajstić information content (AvgIpc) is 4.26. The van der Waals surface area contributed by atoms with Crippen molar-refractivity contribution < 1.29 is 4.42 Å². The van der Waals surface area contributed by atoms with E-state index in [0.717, 1.165) is 89.5 Å². The molecule has 0 fully saturated rings. The minimum atomic E-state index is 0.836. The van der Waals surface area contributed by atoms with E-state index in [2.05, 4.69) is 293 Å². The Kier molecular flexibility index (Phi) is 10.7. The molecule has 0 saturated carbocycles. The van der Waals surface area contributed by atoms with E-state index in [1.807, 2.05) is 17.4 Å². The van der Waals surface area contributed by atoms with E-state index >= 15 is 0 Å². The minimum Gasteiger partial charge on any atom is -0.456 e. The van der Waals surface area contributed by atoms with Crippen LogP contribution in [0.15, 0.2) is 290 Å². The summed E-state index contributed by atoms with van der Waals surface area (Å²) in [5.41, 5.74) is 18.2. The van der Waals surface area contributed by atoms with Gasteiger partial charge in [0.05, 0.1) is 11.0 Å². The zero-order valence-electron chi connectivity index (χ0n) is 41.8. The fourth-order valence-corrected chi connectivity index (χ4v) is 12.6. The second kappa shape index (κ2) is 18.5. The van der Waals surface area contributed by atoms with Crippen molar-refractivity contribution in [2.75, 3.05) is 9.80 Å². The lowest BCUT2D eigenvalue weighted by molar-refractivity contribution is 0.669. The summed E-state index contributed by atoms with van der Waals surface area (Å²) < 4.78 is 11.5. The van der Waals surface area contributed by atoms with E-state index in [9.17, 15) is 0 Å². The number of benzene rings is 12. The highest BCUT2D eigenvalue weighted by molar-refractivity contribution is 7.25. The first-order valence-corrected chi connectivity index (χ1v) is 26.9. The van der Waals surface area contributed by atoms with E-state index in [1.165, 1.54) is 47.6 Å². The lowest BCUT2D eigenvalue weighted by Crippen LogP contribution is -2.13. The van der Waals surface area contributed by atoms with Crippen molar-refractivity contribution in [1.82, 2.24) is 4.57 Å². The highest BCUT2D eigenvalue weighted by atomic mass is 32.1. The highest BCUT2D eigenvalue weighted by Gasteiger charge is 2.23. The molecule has 12 aromatic carbocycles. The molecular weight excluding hydrogens is 955 g/mol. The van der Waals surface area contributed by atoms with Crippen LogP contribution in [0.3, 0.4) is 0 Å². The van der Waals surface area contributed by atoms with E-state index in [4.69, 9.17) is 4.42 Å². The summed E-state index contributed by atoms with van der Waals surface area (Å²) in [7, 11) is 0. The van der Waals surface area contributed by atoms with Gasteiger partial charge in [0.1, 0.15) is 11.2 Å². The third kappa shape index (κ3) is 7.83. The molecule has 0 amide bonds. The number of anilines is 6. The van der Waals surface area contributed by atoms with Crippen LogP contribution in [-0.2, 0) is 0 Å². The average molecular weight is 1000 g/mol. The van der Waals surface area contributed by atoms with Gasteiger partial charge >= 0.3 is 0 Å². The second-order valence-electron chi connectivity index (χ2n) is 19.7. The first-order chi connectivity index (χ1) is 38.1. The topological polar surface area (TPSA) is 24.6 Å². The monoisotopic (exact) mass is 1000 g/mol. The van der Waals surface area contributed by atoms with Crippen molar-refractivity contribution >= 4 is 109 Å². The summed E-state index contributed by atoms with van der Waals surface area (Å²) >= 11 is 1.84. The smallest absolute Gasteiger partial charge is 0.137 e. The summed E-state index contributed by atoms with van der Waals surface area (Å²) in [6.45, 7) is 0. The largest absolute Gasteiger partial charge is 0.456 e. The molecule has 0 aliphatic heterocycles. The van der Waals surface area contributed by atoms with Gasteiger partial charge in [0, 0.05) is 87.6 Å². The van der Waals surface area contributed by atoms with Crippen molar-refractivity contribution in [2.24, 2.45) is 0 Å². The second-order valence-corrected chi connectivity index (χ2v) is 20.8. The van der Waals surface area contributed by atoms with Gasteiger partial charge in [-0.05, 0) is 143 Å². The van der Waals surface area contributed by atoms with Gasteiger partial charge in [-0.15, -0.1) is 11.3 Å². The normalized spacial score (nSPS) is 11.6. The molecule has 4 nitrogen and oxygen atoms in total. The molecule has 15 aromatic rings. The fourth-order valence-electron chi connectivity index (χ4n) is 11.5. The van der Waals surface area contributed by atoms with Gasteiger partial charge in [-0.1, -0.05) is 170 Å². The SMILES string of the molecule is c1ccc(-c2ccc(N(c3cc(-c4ccc5c(c4)c4ccccc4n5-c4ccccc4)cc(N(c4ccc(-c5ccccc5)cc4)c4ccc5c(c4)sc4ccccc45)c3)c3ccc4c(c3)oc3ccccc34)cc2)cc1. The Morgan fingerprint density at radius 1 is 0.260 bits per heavy atom. The van der Waals surface area contributed by atoms with Crippen LogP contribution >= 0.6 is 11.3 Å². The number of fused-ring (bicyclic) bond motifs is 9. The summed E-state index contributed by atoms with van der Waals surface area (Å²) in [6.07, 6.45) is 0. The van der Waals surface area contributed by atoms with Gasteiger partial charge in [0.25, 0.3) is 0 Å². The number of furan rings is 1. The molecule has 0 N–H and O–H groups in total. The molecule has 77 heavy (non-hydrogen) atoms. The van der Waals surface area contributed by atoms with Crippen molar-refractivity contribution in [2.45, 2.75) is 0 Å². The first-order valence-electron chi connectivity index (χ1n) is 26.1. The molecule has 0 saturated heterocycles. The maximum Gasteiger partial charge on any atom is 0.137 e. The lowest BCUT2D eigenvalue weighted by atomic mass is 9.99. The number of rotatable bonds is 10. The molecule has 0 aliphatic carbocycles. The van der Waals surface area contributed by atoms with Gasteiger partial charge in [-0.3, -0.25) is 0 Å². The molecule has 0 aliphatic rings. The summed E-state index contributed by atoms with van der Waals surface area (Å²) in [5, 5.41) is 7.13. The van der Waals surface area contributed by atoms with Crippen LogP contribution < -0.4 is 9.80 Å². The van der Waals surface area contributed by atoms with Crippen molar-refractivity contribution in [3.63, 3.8) is 0 Å². The van der Waals surface area contributed by atoms with Crippen molar-refractivity contribution in [1.29, 1.82) is 0 Å². The number of hydrogen-bond acceptors (Lipinski definition) is 4. The maximum absolute atomic E-state index is 6.64. The Labute approximate surface area is 449 Å². The number of para-hydroxylation sites is 3. The van der Waals surface area contributed by atoms with E-state index in [1.54, 1.807) is 0 Å². The van der Waals surface area contributed by atoms with Crippen LogP contribution in [-0.4, -0.2) is 4.57 Å². The standard InChI is InChI=1S/C72H47N3OS/c1-4-16-48(17-5-1)50-28-33-55(34-29-50)73(57-37-39-63-62-23-11-14-26-69(62)76-70(63)46-57)59-42-53(52-32-41-68-66(44-52)61-22-10-13-25-67(61)75(68)54-20-8-3-9-21-54)43-60(45-59)74(56-35-30-51(31-36-56)49-18-6-2-7-19-49)58-38-40-65-64-24-12-15-27-71(64)77-72(65)47-58/h1-47H. The summed E-state index contributed by atoms with van der Waals surface area (Å²) in [4.78, 5) is 4.82. The van der Waals surface area contributed by atoms with Crippen LogP contribution in [0, 0.1) is 0 Å². The molecule has 3 heterocycles. The van der Waals surface area contributed by atoms with Crippen molar-refractivity contribution in [3.05, 3.63) is 285 Å². The van der Waals surface area contributed by atoms with Crippen LogP contribution in [0.5, 0.6) is 0 Å². The quantitative estimate of drug-likeness (QED) is 0.136. The Morgan fingerprint density at radius 3 is 1.42 bits per heavy atom. The third-order valence-electron chi connectivity index (χ3n) is 15.1. The third-order valence-corrected chi connectivity index (χ3v) is 16.3. The Bertz CT molecular complexity index is 4450. The van der Waals surface area contributed by atoms with Crippen molar-refractivity contribution in [3.8, 4) is 39.1 Å². The predicted molar refractivity (Wildman–Crippen MR) is 327 cm³/mol. The molecular formula is C72H47N3OS. The number of aromatic nitrogens is 1. The summed E-state index contributed by atoms with van der Waals surface area (Å²) in [6, 6.07) is 103. The molecule has 5 heteroatoms.